The Morgan fingerprint density at radius 3 is 2.05 bits per heavy atom. The van der Waals surface area contributed by atoms with Crippen LogP contribution in [0.15, 0.2) is 89.4 Å². The van der Waals surface area contributed by atoms with Gasteiger partial charge in [-0.3, -0.25) is 13.9 Å². The average Bonchev–Trinajstić information content (AvgIpc) is 3.43. The zero-order valence-electron chi connectivity index (χ0n) is 22.0. The molecule has 2 amide bonds. The largest absolute Gasteiger partial charge is 0.352 e. The van der Waals surface area contributed by atoms with Crippen molar-refractivity contribution in [1.29, 1.82) is 0 Å². The summed E-state index contributed by atoms with van der Waals surface area (Å²) in [5, 5.41) is 3.17. The summed E-state index contributed by atoms with van der Waals surface area (Å²) in [6, 6.07) is 25.2. The van der Waals surface area contributed by atoms with Crippen molar-refractivity contribution < 1.29 is 18.0 Å². The molecule has 0 aromatic heterocycles. The molecule has 0 radical (unpaired) electrons. The first-order valence-electron chi connectivity index (χ1n) is 13.1. The molecule has 0 unspecified atom stereocenters. The number of amides is 2. The SMILES string of the molecule is CS(=O)(=O)N(CC(=O)N(Cc1ccccc1)[C@@H](Cc1ccccc1)C(=O)NC1CCCC1)c1ccccc1Br. The number of nitrogens with one attached hydrogen (secondary N) is 1. The second-order valence-corrected chi connectivity index (χ2v) is 12.7. The van der Waals surface area contributed by atoms with Gasteiger partial charge in [-0.05, 0) is 52.0 Å². The lowest BCUT2D eigenvalue weighted by atomic mass is 10.0. The van der Waals surface area contributed by atoms with Crippen LogP contribution in [-0.4, -0.2) is 50.0 Å². The number of carbonyl (C=O) groups excluding carboxylic acids is 2. The first kappa shape index (κ1) is 28.8. The number of hydrogen-bond acceptors (Lipinski definition) is 4. The van der Waals surface area contributed by atoms with Crippen molar-refractivity contribution in [1.82, 2.24) is 10.2 Å². The first-order valence-corrected chi connectivity index (χ1v) is 15.8. The van der Waals surface area contributed by atoms with E-state index in [2.05, 4.69) is 21.2 Å². The van der Waals surface area contributed by atoms with E-state index in [0.29, 0.717) is 16.6 Å². The number of nitrogens with zero attached hydrogens (tertiary/aromatic N) is 2. The van der Waals surface area contributed by atoms with Crippen LogP contribution in [0.2, 0.25) is 0 Å². The van der Waals surface area contributed by atoms with Gasteiger partial charge in [0, 0.05) is 23.5 Å². The molecule has 39 heavy (non-hydrogen) atoms. The minimum atomic E-state index is -3.81. The smallest absolute Gasteiger partial charge is 0.244 e. The molecule has 7 nitrogen and oxygen atoms in total. The Labute approximate surface area is 239 Å². The molecule has 1 fully saturated rings. The second kappa shape index (κ2) is 13.3. The zero-order chi connectivity index (χ0) is 27.8. The molecule has 3 aromatic rings. The molecule has 1 aliphatic rings. The Hall–Kier alpha value is -3.17. The maximum absolute atomic E-state index is 14.1. The maximum atomic E-state index is 14.1. The number of para-hydroxylation sites is 1. The van der Waals surface area contributed by atoms with E-state index >= 15 is 0 Å². The summed E-state index contributed by atoms with van der Waals surface area (Å²) in [5.41, 5.74) is 2.13. The number of halogens is 1. The van der Waals surface area contributed by atoms with Crippen molar-refractivity contribution in [3.8, 4) is 0 Å². The van der Waals surface area contributed by atoms with Crippen LogP contribution in [0.25, 0.3) is 0 Å². The van der Waals surface area contributed by atoms with Gasteiger partial charge < -0.3 is 10.2 Å². The number of hydrogen-bond donors (Lipinski definition) is 1. The Kier molecular flexibility index (Phi) is 9.80. The van der Waals surface area contributed by atoms with Crippen LogP contribution in [0.4, 0.5) is 5.69 Å². The van der Waals surface area contributed by atoms with Gasteiger partial charge in [0.1, 0.15) is 12.6 Å². The predicted octanol–water partition coefficient (Wildman–Crippen LogP) is 4.91. The fourth-order valence-electron chi connectivity index (χ4n) is 4.95. The summed E-state index contributed by atoms with van der Waals surface area (Å²) in [5.74, 6) is -0.677. The highest BCUT2D eigenvalue weighted by atomic mass is 79.9. The third kappa shape index (κ3) is 7.92. The molecular weight excluding hydrogens is 578 g/mol. The van der Waals surface area contributed by atoms with Crippen LogP contribution >= 0.6 is 15.9 Å². The summed E-state index contributed by atoms with van der Waals surface area (Å²) in [7, 11) is -3.81. The summed E-state index contributed by atoms with van der Waals surface area (Å²) < 4.78 is 27.4. The van der Waals surface area contributed by atoms with Crippen molar-refractivity contribution in [3.05, 3.63) is 101 Å². The van der Waals surface area contributed by atoms with E-state index in [1.165, 1.54) is 4.90 Å². The minimum absolute atomic E-state index is 0.0808. The fourth-order valence-corrected chi connectivity index (χ4v) is 6.43. The van der Waals surface area contributed by atoms with E-state index in [1.54, 1.807) is 24.3 Å². The molecule has 3 aromatic carbocycles. The lowest BCUT2D eigenvalue weighted by Gasteiger charge is -2.34. The van der Waals surface area contributed by atoms with Gasteiger partial charge >= 0.3 is 0 Å². The lowest BCUT2D eigenvalue weighted by Crippen LogP contribution is -2.54. The molecule has 1 N–H and O–H groups in total. The quantitative estimate of drug-likeness (QED) is 0.334. The third-order valence-electron chi connectivity index (χ3n) is 6.97. The van der Waals surface area contributed by atoms with E-state index in [-0.39, 0.29) is 18.5 Å². The standard InChI is InChI=1S/C30H34BrN3O4S/c1-39(37,38)34(27-19-11-10-18-26(27)31)22-29(35)33(21-24-14-6-3-7-15-24)28(20-23-12-4-2-5-13-23)30(36)32-25-16-8-9-17-25/h2-7,10-15,18-19,25,28H,8-9,16-17,20-22H2,1H3,(H,32,36)/t28-/m0/s1. The molecule has 0 heterocycles. The van der Waals surface area contributed by atoms with Crippen LogP contribution in [0.5, 0.6) is 0 Å². The molecule has 4 rings (SSSR count). The van der Waals surface area contributed by atoms with Crippen molar-refractivity contribution in [2.45, 2.75) is 50.7 Å². The van der Waals surface area contributed by atoms with Gasteiger partial charge in [0.05, 0.1) is 11.9 Å². The zero-order valence-corrected chi connectivity index (χ0v) is 24.4. The van der Waals surface area contributed by atoms with Crippen LogP contribution < -0.4 is 9.62 Å². The van der Waals surface area contributed by atoms with Crippen molar-refractivity contribution in [2.24, 2.45) is 0 Å². The Balaban J connectivity index is 1.71. The molecule has 1 aliphatic carbocycles. The van der Waals surface area contributed by atoms with Crippen LogP contribution in [0.1, 0.15) is 36.8 Å². The average molecular weight is 613 g/mol. The van der Waals surface area contributed by atoms with Gasteiger partial charge in [0.15, 0.2) is 0 Å². The van der Waals surface area contributed by atoms with Gasteiger partial charge in [-0.25, -0.2) is 8.42 Å². The number of sulfonamides is 1. The molecule has 0 spiro atoms. The summed E-state index contributed by atoms with van der Waals surface area (Å²) in [6.07, 6.45) is 5.36. The molecular formula is C30H34BrN3O4S. The number of benzene rings is 3. The number of anilines is 1. The van der Waals surface area contributed by atoms with E-state index in [1.807, 2.05) is 60.7 Å². The van der Waals surface area contributed by atoms with Crippen molar-refractivity contribution in [2.75, 3.05) is 17.1 Å². The van der Waals surface area contributed by atoms with Gasteiger partial charge in [0.2, 0.25) is 21.8 Å². The van der Waals surface area contributed by atoms with Gasteiger partial charge in [-0.15, -0.1) is 0 Å². The van der Waals surface area contributed by atoms with E-state index in [4.69, 9.17) is 0 Å². The van der Waals surface area contributed by atoms with E-state index in [9.17, 15) is 18.0 Å². The number of rotatable bonds is 11. The molecule has 0 bridgehead atoms. The Morgan fingerprint density at radius 1 is 0.897 bits per heavy atom. The topological polar surface area (TPSA) is 86.8 Å². The van der Waals surface area contributed by atoms with E-state index in [0.717, 1.165) is 47.4 Å². The maximum Gasteiger partial charge on any atom is 0.244 e. The second-order valence-electron chi connectivity index (χ2n) is 9.92. The molecule has 0 aliphatic heterocycles. The predicted molar refractivity (Wildman–Crippen MR) is 158 cm³/mol. The Bertz CT molecular complexity index is 1360. The summed E-state index contributed by atoms with van der Waals surface area (Å²) in [4.78, 5) is 29.4. The van der Waals surface area contributed by atoms with Gasteiger partial charge in [0.25, 0.3) is 0 Å². The number of carbonyl (C=O) groups is 2. The van der Waals surface area contributed by atoms with Crippen molar-refractivity contribution in [3.63, 3.8) is 0 Å². The van der Waals surface area contributed by atoms with Crippen LogP contribution in [-0.2, 0) is 32.6 Å². The fraction of sp³-hybridized carbons (Fsp3) is 0.333. The third-order valence-corrected chi connectivity index (χ3v) is 8.77. The lowest BCUT2D eigenvalue weighted by molar-refractivity contribution is -0.140. The van der Waals surface area contributed by atoms with Gasteiger partial charge in [-0.2, -0.15) is 0 Å². The normalized spacial score (nSPS) is 14.5. The highest BCUT2D eigenvalue weighted by Crippen LogP contribution is 2.28. The molecule has 1 atom stereocenters. The first-order chi connectivity index (χ1) is 18.7. The highest BCUT2D eigenvalue weighted by molar-refractivity contribution is 9.10. The molecule has 206 valence electrons. The Morgan fingerprint density at radius 2 is 1.46 bits per heavy atom. The molecule has 9 heteroatoms. The molecule has 0 saturated heterocycles. The van der Waals surface area contributed by atoms with Gasteiger partial charge in [-0.1, -0.05) is 85.6 Å². The minimum Gasteiger partial charge on any atom is -0.352 e. The summed E-state index contributed by atoms with van der Waals surface area (Å²) >= 11 is 3.42. The van der Waals surface area contributed by atoms with Crippen molar-refractivity contribution >= 4 is 43.5 Å². The molecule has 1 saturated carbocycles. The summed E-state index contributed by atoms with van der Waals surface area (Å²) in [6.45, 7) is -0.265. The monoisotopic (exact) mass is 611 g/mol. The van der Waals surface area contributed by atoms with Crippen LogP contribution in [0, 0.1) is 0 Å². The highest BCUT2D eigenvalue weighted by Gasteiger charge is 2.34. The van der Waals surface area contributed by atoms with Crippen LogP contribution in [0.3, 0.4) is 0 Å². The van der Waals surface area contributed by atoms with E-state index < -0.39 is 28.5 Å².